The van der Waals surface area contributed by atoms with Crippen molar-refractivity contribution in [2.24, 2.45) is 0 Å². The molecule has 0 spiro atoms. The molecule has 0 aliphatic rings. The van der Waals surface area contributed by atoms with Crippen molar-refractivity contribution in [2.45, 2.75) is 245 Å². The monoisotopic (exact) mass is 1150 g/mol. The molecule has 0 aliphatic heterocycles. The number of carbonyl (C=O) groups is 3. The third-order valence-electron chi connectivity index (χ3n) is 13.3. The number of quaternary nitrogens is 1. The van der Waals surface area contributed by atoms with Crippen molar-refractivity contribution < 1.29 is 42.9 Å². The number of nitrogens with zero attached hydrogens (tertiary/aromatic N) is 1. The molecular weight excluding hydrogens is 1030 g/mol. The third kappa shape index (κ3) is 64.3. The van der Waals surface area contributed by atoms with E-state index in [1.54, 1.807) is 0 Å². The molecule has 0 rings (SSSR count). The molecule has 83 heavy (non-hydrogen) atoms. The second-order valence-electron chi connectivity index (χ2n) is 22.3. The molecule has 468 valence electrons. The summed E-state index contributed by atoms with van der Waals surface area (Å²) in [5.41, 5.74) is 0. The van der Waals surface area contributed by atoms with Gasteiger partial charge in [0.05, 0.1) is 34.4 Å². The van der Waals surface area contributed by atoms with Crippen molar-refractivity contribution >= 4 is 17.9 Å². The molecular formula is C74H120NO8+. The van der Waals surface area contributed by atoms with Gasteiger partial charge in [-0.1, -0.05) is 249 Å². The number of hydrogen-bond acceptors (Lipinski definition) is 7. The van der Waals surface area contributed by atoms with Crippen LogP contribution in [0.3, 0.4) is 0 Å². The molecule has 0 bridgehead atoms. The molecule has 0 amide bonds. The standard InChI is InChI=1S/C74H119NO8/c1-6-8-10-12-14-16-18-20-22-24-26-28-30-32-33-34-35-36-37-38-39-41-43-45-47-49-51-53-55-57-59-61-63-65-72(77)83-70(69-82-74(73(78)79)80-67-66-75(3,4)5)68-81-71(76)64-62-60-58-56-54-52-50-48-46-44-42-40-31-29-27-25-23-21-19-17-15-13-11-9-7-2/h8,10,14,16,19-22,25-28,31-33,35-36,38-40,43,45,49,51,55,57,70,74H,6-7,9,11-13,15,17-18,23-24,29-30,34,37,41-42,44,46-48,50,52-54,56,58-69H2,1-5H3/p+1/b10-8-,16-14-,21-19-,22-20-,27-25-,28-26-,33-32-,36-35-,39-38-,40-31-,45-43-,51-49-,57-55-. The van der Waals surface area contributed by atoms with Gasteiger partial charge in [0, 0.05) is 12.8 Å². The number of hydrogen-bond donors (Lipinski definition) is 1. The van der Waals surface area contributed by atoms with Gasteiger partial charge < -0.3 is 28.5 Å². The zero-order chi connectivity index (χ0) is 60.5. The molecule has 9 nitrogen and oxygen atoms in total. The lowest BCUT2D eigenvalue weighted by Gasteiger charge is -2.25. The Morgan fingerprint density at radius 3 is 1.05 bits per heavy atom. The van der Waals surface area contributed by atoms with Gasteiger partial charge in [-0.2, -0.15) is 0 Å². The summed E-state index contributed by atoms with van der Waals surface area (Å²) < 4.78 is 22.9. The van der Waals surface area contributed by atoms with Crippen molar-refractivity contribution in [3.63, 3.8) is 0 Å². The van der Waals surface area contributed by atoms with Crippen LogP contribution in [0.5, 0.6) is 0 Å². The maximum atomic E-state index is 12.9. The maximum absolute atomic E-state index is 12.9. The Balaban J connectivity index is 4.34. The summed E-state index contributed by atoms with van der Waals surface area (Å²) in [4.78, 5) is 37.5. The van der Waals surface area contributed by atoms with Crippen molar-refractivity contribution in [3.8, 4) is 0 Å². The normalized spacial score (nSPS) is 13.8. The van der Waals surface area contributed by atoms with Crippen molar-refractivity contribution in [2.75, 3.05) is 47.5 Å². The van der Waals surface area contributed by atoms with Gasteiger partial charge in [-0.3, -0.25) is 9.59 Å². The summed E-state index contributed by atoms with van der Waals surface area (Å²) in [6.07, 6.45) is 90.5. The minimum Gasteiger partial charge on any atom is -0.477 e. The SMILES string of the molecule is CC/C=C\C/C=C\C/C=C\C/C=C\C/C=C\C/C=C\C/C=C\C/C=C\C/C=C\C/C=C\CCCCC(=O)OC(COC(=O)CCCCCCCCCCCC/C=C\C/C=C\C/C=C\CCCCCCC)COC(OCC[N+](C)(C)C)C(=O)O. The highest BCUT2D eigenvalue weighted by molar-refractivity contribution is 5.71. The lowest BCUT2D eigenvalue weighted by Crippen LogP contribution is -2.40. The molecule has 0 radical (unpaired) electrons. The van der Waals surface area contributed by atoms with Gasteiger partial charge in [0.15, 0.2) is 6.10 Å². The van der Waals surface area contributed by atoms with Crippen LogP contribution in [-0.4, -0.2) is 87.4 Å². The summed E-state index contributed by atoms with van der Waals surface area (Å²) >= 11 is 0. The van der Waals surface area contributed by atoms with Crippen LogP contribution < -0.4 is 0 Å². The van der Waals surface area contributed by atoms with E-state index in [2.05, 4.69) is 172 Å². The fourth-order valence-electron chi connectivity index (χ4n) is 8.28. The Kier molecular flexibility index (Phi) is 59.1. The van der Waals surface area contributed by atoms with Gasteiger partial charge >= 0.3 is 17.9 Å². The zero-order valence-corrected chi connectivity index (χ0v) is 53.3. The van der Waals surface area contributed by atoms with Crippen molar-refractivity contribution in [1.29, 1.82) is 0 Å². The Morgan fingerprint density at radius 2 is 0.687 bits per heavy atom. The largest absolute Gasteiger partial charge is 0.477 e. The first-order valence-electron chi connectivity index (χ1n) is 32.6. The molecule has 9 heteroatoms. The van der Waals surface area contributed by atoms with Crippen molar-refractivity contribution in [1.82, 2.24) is 0 Å². The number of rotatable bonds is 58. The molecule has 0 saturated carbocycles. The molecule has 0 aliphatic carbocycles. The Bertz CT molecular complexity index is 1920. The van der Waals surface area contributed by atoms with Gasteiger partial charge in [0.1, 0.15) is 13.2 Å². The van der Waals surface area contributed by atoms with E-state index in [4.69, 9.17) is 18.9 Å². The van der Waals surface area contributed by atoms with Gasteiger partial charge in [-0.05, 0) is 128 Å². The highest BCUT2D eigenvalue weighted by Crippen LogP contribution is 2.14. The van der Waals surface area contributed by atoms with E-state index in [0.717, 1.165) is 122 Å². The van der Waals surface area contributed by atoms with E-state index in [9.17, 15) is 19.5 Å². The number of carbonyl (C=O) groups excluding carboxylic acids is 2. The van der Waals surface area contributed by atoms with Gasteiger partial charge in [0.25, 0.3) is 6.29 Å². The van der Waals surface area contributed by atoms with Crippen LogP contribution in [0.15, 0.2) is 158 Å². The molecule has 1 N–H and O–H groups in total. The van der Waals surface area contributed by atoms with E-state index in [1.165, 1.54) is 77.0 Å². The number of allylic oxidation sites excluding steroid dienone is 26. The third-order valence-corrected chi connectivity index (χ3v) is 13.3. The van der Waals surface area contributed by atoms with E-state index in [1.807, 2.05) is 21.1 Å². The molecule has 0 aromatic rings. The molecule has 0 heterocycles. The first kappa shape index (κ1) is 77.9. The number of carboxylic acids is 1. The lowest BCUT2D eigenvalue weighted by atomic mass is 10.1. The van der Waals surface area contributed by atoms with Crippen molar-refractivity contribution in [3.05, 3.63) is 158 Å². The van der Waals surface area contributed by atoms with Gasteiger partial charge in [0.2, 0.25) is 0 Å². The Morgan fingerprint density at radius 1 is 0.373 bits per heavy atom. The first-order valence-corrected chi connectivity index (χ1v) is 32.6. The summed E-state index contributed by atoms with van der Waals surface area (Å²) in [6.45, 7) is 4.68. The molecule has 2 atom stereocenters. The number of ether oxygens (including phenoxy) is 4. The van der Waals surface area contributed by atoms with Crippen LogP contribution in [-0.2, 0) is 33.3 Å². The first-order chi connectivity index (χ1) is 40.6. The second kappa shape index (κ2) is 62.9. The maximum Gasteiger partial charge on any atom is 0.361 e. The predicted octanol–water partition coefficient (Wildman–Crippen LogP) is 20.1. The number of unbranched alkanes of at least 4 members (excludes halogenated alkanes) is 17. The number of likely N-dealkylation sites (N-methyl/N-ethyl adjacent to an activating group) is 1. The number of aliphatic carboxylic acids is 1. The molecule has 0 saturated heterocycles. The second-order valence-corrected chi connectivity index (χ2v) is 22.3. The van der Waals surface area contributed by atoms with E-state index < -0.39 is 24.3 Å². The molecule has 0 aromatic carbocycles. The summed E-state index contributed by atoms with van der Waals surface area (Å²) in [5.74, 6) is -2.09. The minimum absolute atomic E-state index is 0.169. The van der Waals surface area contributed by atoms with Crippen LogP contribution >= 0.6 is 0 Å². The zero-order valence-electron chi connectivity index (χ0n) is 53.3. The van der Waals surface area contributed by atoms with E-state index in [-0.39, 0.29) is 38.6 Å². The van der Waals surface area contributed by atoms with Crippen LogP contribution in [0.2, 0.25) is 0 Å². The number of esters is 2. The van der Waals surface area contributed by atoms with E-state index in [0.29, 0.717) is 17.4 Å². The molecule has 0 fully saturated rings. The number of carboxylic acid groups (broad SMARTS) is 1. The Labute approximate surface area is 508 Å². The fourth-order valence-corrected chi connectivity index (χ4v) is 8.28. The minimum atomic E-state index is -1.54. The van der Waals surface area contributed by atoms with Gasteiger partial charge in [-0.15, -0.1) is 0 Å². The topological polar surface area (TPSA) is 108 Å². The average Bonchev–Trinajstić information content (AvgIpc) is 3.46. The fraction of sp³-hybridized carbons (Fsp3) is 0.608. The molecule has 2 unspecified atom stereocenters. The van der Waals surface area contributed by atoms with Crippen LogP contribution in [0.4, 0.5) is 0 Å². The van der Waals surface area contributed by atoms with E-state index >= 15 is 0 Å². The average molecular weight is 1150 g/mol. The lowest BCUT2D eigenvalue weighted by molar-refractivity contribution is -0.870. The molecule has 0 aromatic heterocycles. The van der Waals surface area contributed by atoms with Crippen LogP contribution in [0, 0.1) is 0 Å². The van der Waals surface area contributed by atoms with Crippen LogP contribution in [0.25, 0.3) is 0 Å². The van der Waals surface area contributed by atoms with Gasteiger partial charge in [-0.25, -0.2) is 4.79 Å². The highest BCUT2D eigenvalue weighted by Gasteiger charge is 2.25. The highest BCUT2D eigenvalue weighted by atomic mass is 16.7. The summed E-state index contributed by atoms with van der Waals surface area (Å²) in [7, 11) is 5.94. The smallest absolute Gasteiger partial charge is 0.361 e. The summed E-state index contributed by atoms with van der Waals surface area (Å²) in [6, 6.07) is 0. The quantitative estimate of drug-likeness (QED) is 0.0211. The summed E-state index contributed by atoms with van der Waals surface area (Å²) in [5, 5.41) is 9.73. The predicted molar refractivity (Wildman–Crippen MR) is 354 cm³/mol. The van der Waals surface area contributed by atoms with Crippen LogP contribution in [0.1, 0.15) is 232 Å². The Hall–Kier alpha value is -5.09.